The summed E-state index contributed by atoms with van der Waals surface area (Å²) in [7, 11) is 0. The van der Waals surface area contributed by atoms with E-state index in [-0.39, 0.29) is 42.4 Å². The number of nitrogens with one attached hydrogen (secondary N) is 1. The molecule has 4 aromatic rings. The zero-order chi connectivity index (χ0) is 25.1. The Labute approximate surface area is 204 Å². The number of nitro groups is 1. The first-order chi connectivity index (χ1) is 17.5. The van der Waals surface area contributed by atoms with Gasteiger partial charge in [0.2, 0.25) is 12.7 Å². The Hall–Kier alpha value is -4.99. The standard InChI is InChI=1S/C26H20N4O6/c31-25(11-10-18-12-22-23(36-16-35-22)13-21(18)30(33)34)29(14-17-6-2-1-3-7-17)15-24-27-20-9-5-4-8-19(20)26(32)28-24/h1-13H,14-16H2,(H,27,28,32)/b11-10+. The van der Waals surface area contributed by atoms with Gasteiger partial charge in [0.25, 0.3) is 11.2 Å². The van der Waals surface area contributed by atoms with Gasteiger partial charge < -0.3 is 19.4 Å². The van der Waals surface area contributed by atoms with Crippen LogP contribution in [0.15, 0.2) is 77.6 Å². The fourth-order valence-electron chi connectivity index (χ4n) is 3.91. The van der Waals surface area contributed by atoms with Crippen molar-refractivity contribution in [3.05, 3.63) is 110 Å². The van der Waals surface area contributed by atoms with Gasteiger partial charge in [-0.25, -0.2) is 4.98 Å². The van der Waals surface area contributed by atoms with Crippen LogP contribution in [-0.2, 0) is 17.9 Å². The van der Waals surface area contributed by atoms with Crippen LogP contribution in [0.25, 0.3) is 17.0 Å². The van der Waals surface area contributed by atoms with Gasteiger partial charge >= 0.3 is 0 Å². The first-order valence-electron chi connectivity index (χ1n) is 11.0. The average molecular weight is 484 g/mol. The second-order valence-corrected chi connectivity index (χ2v) is 8.06. The molecule has 5 rings (SSSR count). The van der Waals surface area contributed by atoms with Crippen molar-refractivity contribution >= 4 is 28.6 Å². The van der Waals surface area contributed by atoms with Crippen LogP contribution in [0.4, 0.5) is 5.69 Å². The third-order valence-corrected chi connectivity index (χ3v) is 5.65. The Morgan fingerprint density at radius 3 is 2.56 bits per heavy atom. The van der Waals surface area contributed by atoms with Gasteiger partial charge in [0, 0.05) is 12.6 Å². The first-order valence-corrected chi connectivity index (χ1v) is 11.0. The second kappa shape index (κ2) is 9.71. The summed E-state index contributed by atoms with van der Waals surface area (Å²) in [6, 6.07) is 19.0. The van der Waals surface area contributed by atoms with Crippen molar-refractivity contribution in [3.8, 4) is 11.5 Å². The fourth-order valence-corrected chi connectivity index (χ4v) is 3.91. The number of amides is 1. The molecule has 0 aliphatic carbocycles. The van der Waals surface area contributed by atoms with E-state index >= 15 is 0 Å². The minimum Gasteiger partial charge on any atom is -0.454 e. The quantitative estimate of drug-likeness (QED) is 0.240. The minimum absolute atomic E-state index is 0.0274. The van der Waals surface area contributed by atoms with Crippen molar-refractivity contribution < 1.29 is 19.2 Å². The molecule has 3 aromatic carbocycles. The zero-order valence-corrected chi connectivity index (χ0v) is 18.9. The number of rotatable bonds is 7. The Kier molecular flexibility index (Phi) is 6.14. The van der Waals surface area contributed by atoms with Crippen LogP contribution in [0.1, 0.15) is 17.0 Å². The molecule has 180 valence electrons. The number of nitrogens with zero attached hydrogens (tertiary/aromatic N) is 3. The van der Waals surface area contributed by atoms with Gasteiger partial charge in [-0.3, -0.25) is 19.7 Å². The van der Waals surface area contributed by atoms with Gasteiger partial charge in [0.1, 0.15) is 5.82 Å². The lowest BCUT2D eigenvalue weighted by atomic mass is 10.1. The molecule has 10 nitrogen and oxygen atoms in total. The number of benzene rings is 3. The molecule has 36 heavy (non-hydrogen) atoms. The van der Waals surface area contributed by atoms with E-state index in [0.717, 1.165) is 5.56 Å². The molecule has 1 aliphatic rings. The Morgan fingerprint density at radius 2 is 1.78 bits per heavy atom. The number of hydrogen-bond acceptors (Lipinski definition) is 7. The molecule has 1 aliphatic heterocycles. The van der Waals surface area contributed by atoms with Crippen LogP contribution >= 0.6 is 0 Å². The SMILES string of the molecule is O=C(/C=C/c1cc2c(cc1[N+](=O)[O-])OCO2)N(Cc1ccccc1)Cc1nc2ccccc2c(=O)[nH]1. The summed E-state index contributed by atoms with van der Waals surface area (Å²) in [5.41, 5.74) is 1.09. The van der Waals surface area contributed by atoms with E-state index in [4.69, 9.17) is 9.47 Å². The summed E-state index contributed by atoms with van der Waals surface area (Å²) in [6.45, 7) is 0.242. The maximum absolute atomic E-state index is 13.3. The molecular formula is C26H20N4O6. The molecule has 1 amide bonds. The third-order valence-electron chi connectivity index (χ3n) is 5.65. The summed E-state index contributed by atoms with van der Waals surface area (Å²) in [5, 5.41) is 12.0. The monoisotopic (exact) mass is 484 g/mol. The Balaban J connectivity index is 1.46. The zero-order valence-electron chi connectivity index (χ0n) is 18.9. The summed E-state index contributed by atoms with van der Waals surface area (Å²) < 4.78 is 10.5. The molecule has 2 heterocycles. The number of nitro benzene ring substituents is 1. The predicted molar refractivity (Wildman–Crippen MR) is 131 cm³/mol. The Bertz CT molecular complexity index is 1550. The highest BCUT2D eigenvalue weighted by Gasteiger charge is 2.23. The van der Waals surface area contributed by atoms with Gasteiger partial charge in [-0.2, -0.15) is 0 Å². The first kappa shape index (κ1) is 22.8. The van der Waals surface area contributed by atoms with Crippen molar-refractivity contribution in [2.75, 3.05) is 6.79 Å². The molecule has 0 saturated heterocycles. The minimum atomic E-state index is -0.544. The van der Waals surface area contributed by atoms with Crippen molar-refractivity contribution in [1.29, 1.82) is 0 Å². The number of carbonyl (C=O) groups is 1. The molecule has 1 N–H and O–H groups in total. The number of carbonyl (C=O) groups excluding carboxylic acids is 1. The van der Waals surface area contributed by atoms with Crippen molar-refractivity contribution in [2.45, 2.75) is 13.1 Å². The topological polar surface area (TPSA) is 128 Å². The smallest absolute Gasteiger partial charge is 0.280 e. The van der Waals surface area contributed by atoms with E-state index in [1.165, 1.54) is 29.2 Å². The van der Waals surface area contributed by atoms with Crippen LogP contribution in [0.5, 0.6) is 11.5 Å². The molecule has 0 fully saturated rings. The fraction of sp³-hybridized carbons (Fsp3) is 0.115. The number of aromatic nitrogens is 2. The number of hydrogen-bond donors (Lipinski definition) is 1. The van der Waals surface area contributed by atoms with Crippen LogP contribution in [0, 0.1) is 10.1 Å². The molecule has 0 atom stereocenters. The highest BCUT2D eigenvalue weighted by molar-refractivity contribution is 5.92. The maximum Gasteiger partial charge on any atom is 0.280 e. The maximum atomic E-state index is 13.3. The summed E-state index contributed by atoms with van der Waals surface area (Å²) in [5.74, 6) is 0.557. The lowest BCUT2D eigenvalue weighted by molar-refractivity contribution is -0.385. The van der Waals surface area contributed by atoms with E-state index in [1.807, 2.05) is 30.3 Å². The number of para-hydroxylation sites is 1. The van der Waals surface area contributed by atoms with Crippen molar-refractivity contribution in [1.82, 2.24) is 14.9 Å². The number of aromatic amines is 1. The Morgan fingerprint density at radius 1 is 1.06 bits per heavy atom. The van der Waals surface area contributed by atoms with Crippen LogP contribution in [0.2, 0.25) is 0 Å². The van der Waals surface area contributed by atoms with Crippen LogP contribution < -0.4 is 15.0 Å². The predicted octanol–water partition coefficient (Wildman–Crippen LogP) is 3.80. The lowest BCUT2D eigenvalue weighted by Crippen LogP contribution is -2.30. The van der Waals surface area contributed by atoms with E-state index in [9.17, 15) is 19.7 Å². The van der Waals surface area contributed by atoms with Gasteiger partial charge in [-0.05, 0) is 29.8 Å². The van der Waals surface area contributed by atoms with Gasteiger partial charge in [0.15, 0.2) is 11.5 Å². The normalized spacial score (nSPS) is 12.2. The molecule has 0 bridgehead atoms. The molecule has 10 heteroatoms. The van der Waals surface area contributed by atoms with E-state index in [1.54, 1.807) is 24.3 Å². The third kappa shape index (κ3) is 4.78. The second-order valence-electron chi connectivity index (χ2n) is 8.06. The summed E-state index contributed by atoms with van der Waals surface area (Å²) in [6.07, 6.45) is 2.63. The summed E-state index contributed by atoms with van der Waals surface area (Å²) >= 11 is 0. The van der Waals surface area contributed by atoms with Crippen LogP contribution in [0.3, 0.4) is 0 Å². The summed E-state index contributed by atoms with van der Waals surface area (Å²) in [4.78, 5) is 45.6. The molecular weight excluding hydrogens is 464 g/mol. The largest absolute Gasteiger partial charge is 0.454 e. The van der Waals surface area contributed by atoms with Gasteiger partial charge in [0.05, 0.1) is 34.0 Å². The molecule has 1 aromatic heterocycles. The average Bonchev–Trinajstić information content (AvgIpc) is 3.34. The number of fused-ring (bicyclic) bond motifs is 2. The van der Waals surface area contributed by atoms with E-state index < -0.39 is 10.8 Å². The number of H-pyrrole nitrogens is 1. The van der Waals surface area contributed by atoms with Gasteiger partial charge in [-0.15, -0.1) is 0 Å². The highest BCUT2D eigenvalue weighted by atomic mass is 16.7. The molecule has 0 unspecified atom stereocenters. The molecule has 0 radical (unpaired) electrons. The van der Waals surface area contributed by atoms with E-state index in [2.05, 4.69) is 9.97 Å². The number of ether oxygens (including phenoxy) is 2. The van der Waals surface area contributed by atoms with Crippen LogP contribution in [-0.4, -0.2) is 32.5 Å². The van der Waals surface area contributed by atoms with Crippen molar-refractivity contribution in [2.24, 2.45) is 0 Å². The van der Waals surface area contributed by atoms with Crippen molar-refractivity contribution in [3.63, 3.8) is 0 Å². The van der Waals surface area contributed by atoms with E-state index in [0.29, 0.717) is 22.5 Å². The van der Waals surface area contributed by atoms with Gasteiger partial charge in [-0.1, -0.05) is 42.5 Å². The molecule has 0 saturated carbocycles. The highest BCUT2D eigenvalue weighted by Crippen LogP contribution is 2.38. The molecule has 0 spiro atoms. The lowest BCUT2D eigenvalue weighted by Gasteiger charge is -2.21.